The Kier molecular flexibility index (Phi) is 5.17. The van der Waals surface area contributed by atoms with E-state index in [4.69, 9.17) is 14.9 Å². The van der Waals surface area contributed by atoms with E-state index in [0.29, 0.717) is 6.54 Å². The number of rotatable bonds is 6. The summed E-state index contributed by atoms with van der Waals surface area (Å²) in [6.45, 7) is 2.31. The Morgan fingerprint density at radius 1 is 1.46 bits per heavy atom. The molecule has 0 aliphatic rings. The standard InChI is InChI=1S/C6H14NO5P/c1-2-7(4-3-6(8)9)5-13(10,11)12/h2-5H2,1H3,(H,8,9)(H2,10,11,12). The van der Waals surface area contributed by atoms with E-state index in [-0.39, 0.29) is 19.3 Å². The molecular formula is C6H14NO5P. The van der Waals surface area contributed by atoms with Crippen LogP contribution < -0.4 is 0 Å². The smallest absolute Gasteiger partial charge is 0.339 e. The van der Waals surface area contributed by atoms with E-state index in [1.54, 1.807) is 6.92 Å². The zero-order chi connectivity index (χ0) is 10.5. The lowest BCUT2D eigenvalue weighted by atomic mass is 10.4. The maximum atomic E-state index is 10.6. The summed E-state index contributed by atoms with van der Waals surface area (Å²) in [7, 11) is -4.07. The van der Waals surface area contributed by atoms with E-state index in [9.17, 15) is 9.36 Å². The van der Waals surface area contributed by atoms with Crippen LogP contribution in [0.4, 0.5) is 0 Å². The van der Waals surface area contributed by atoms with Crippen LogP contribution in [0.1, 0.15) is 13.3 Å². The largest absolute Gasteiger partial charge is 0.481 e. The van der Waals surface area contributed by atoms with Gasteiger partial charge in [0.1, 0.15) is 6.29 Å². The second-order valence-electron chi connectivity index (χ2n) is 2.66. The molecule has 0 heterocycles. The van der Waals surface area contributed by atoms with Gasteiger partial charge in [0, 0.05) is 6.54 Å². The molecular weight excluding hydrogens is 197 g/mol. The van der Waals surface area contributed by atoms with Gasteiger partial charge in [-0.15, -0.1) is 0 Å². The molecule has 0 rings (SSSR count). The van der Waals surface area contributed by atoms with E-state index >= 15 is 0 Å². The monoisotopic (exact) mass is 211 g/mol. The summed E-state index contributed by atoms with van der Waals surface area (Å²) in [6, 6.07) is 0. The van der Waals surface area contributed by atoms with Crippen LogP contribution in [-0.2, 0) is 9.36 Å². The summed E-state index contributed by atoms with van der Waals surface area (Å²) in [4.78, 5) is 28.8. The molecule has 0 fully saturated rings. The predicted molar refractivity (Wildman–Crippen MR) is 46.4 cm³/mol. The highest BCUT2D eigenvalue weighted by Crippen LogP contribution is 2.34. The SMILES string of the molecule is CCN(CCC(=O)O)CP(=O)(O)O. The molecule has 13 heavy (non-hydrogen) atoms. The van der Waals surface area contributed by atoms with Crippen molar-refractivity contribution in [2.75, 3.05) is 19.4 Å². The van der Waals surface area contributed by atoms with Crippen LogP contribution in [0.2, 0.25) is 0 Å². The number of hydrogen-bond acceptors (Lipinski definition) is 3. The van der Waals surface area contributed by atoms with Crippen LogP contribution in [0, 0.1) is 0 Å². The molecule has 0 atom stereocenters. The number of hydrogen-bond donors (Lipinski definition) is 3. The van der Waals surface area contributed by atoms with Gasteiger partial charge >= 0.3 is 13.6 Å². The summed E-state index contributed by atoms with van der Waals surface area (Å²) < 4.78 is 10.6. The van der Waals surface area contributed by atoms with Crippen LogP contribution in [0.25, 0.3) is 0 Å². The van der Waals surface area contributed by atoms with Gasteiger partial charge < -0.3 is 14.9 Å². The maximum absolute atomic E-state index is 10.6. The zero-order valence-electron chi connectivity index (χ0n) is 7.38. The van der Waals surface area contributed by atoms with E-state index in [2.05, 4.69) is 0 Å². The summed E-state index contributed by atoms with van der Waals surface area (Å²) >= 11 is 0. The normalized spacial score (nSPS) is 12.0. The van der Waals surface area contributed by atoms with Crippen molar-refractivity contribution in [1.82, 2.24) is 4.90 Å². The number of nitrogens with zero attached hydrogens (tertiary/aromatic N) is 1. The topological polar surface area (TPSA) is 98.1 Å². The zero-order valence-corrected chi connectivity index (χ0v) is 8.28. The van der Waals surface area contributed by atoms with Crippen LogP contribution in [-0.4, -0.2) is 45.1 Å². The van der Waals surface area contributed by atoms with Crippen LogP contribution in [0.3, 0.4) is 0 Å². The van der Waals surface area contributed by atoms with Gasteiger partial charge in [-0.1, -0.05) is 6.92 Å². The second kappa shape index (κ2) is 5.34. The fourth-order valence-corrected chi connectivity index (χ4v) is 1.71. The quantitative estimate of drug-likeness (QED) is 0.531. The summed E-state index contributed by atoms with van der Waals surface area (Å²) in [5, 5.41) is 8.34. The van der Waals surface area contributed by atoms with Crippen molar-refractivity contribution in [3.8, 4) is 0 Å². The molecule has 0 spiro atoms. The lowest BCUT2D eigenvalue weighted by Gasteiger charge is -2.19. The molecule has 0 aliphatic carbocycles. The van der Waals surface area contributed by atoms with Gasteiger partial charge in [0.05, 0.1) is 6.42 Å². The molecule has 0 aromatic rings. The van der Waals surface area contributed by atoms with Crippen molar-refractivity contribution in [3.63, 3.8) is 0 Å². The Morgan fingerprint density at radius 3 is 2.31 bits per heavy atom. The summed E-state index contributed by atoms with van der Waals surface area (Å²) in [5.41, 5.74) is 0. The van der Waals surface area contributed by atoms with E-state index in [1.165, 1.54) is 4.90 Å². The van der Waals surface area contributed by atoms with Crippen molar-refractivity contribution in [3.05, 3.63) is 0 Å². The molecule has 78 valence electrons. The third-order valence-electron chi connectivity index (χ3n) is 1.47. The average molecular weight is 211 g/mol. The van der Waals surface area contributed by atoms with Gasteiger partial charge in [0.2, 0.25) is 0 Å². The van der Waals surface area contributed by atoms with Gasteiger partial charge in [-0.25, -0.2) is 0 Å². The van der Waals surface area contributed by atoms with E-state index < -0.39 is 13.6 Å². The van der Waals surface area contributed by atoms with Gasteiger partial charge in [-0.3, -0.25) is 14.3 Å². The van der Waals surface area contributed by atoms with Crippen molar-refractivity contribution in [1.29, 1.82) is 0 Å². The summed E-state index contributed by atoms with van der Waals surface area (Å²) in [5.74, 6) is -0.968. The van der Waals surface area contributed by atoms with E-state index in [0.717, 1.165) is 0 Å². The molecule has 0 radical (unpaired) electrons. The molecule has 0 aromatic carbocycles. The Balaban J connectivity index is 3.90. The molecule has 6 nitrogen and oxygen atoms in total. The predicted octanol–water partition coefficient (Wildman–Crippen LogP) is -0.0818. The van der Waals surface area contributed by atoms with Crippen molar-refractivity contribution in [2.24, 2.45) is 0 Å². The second-order valence-corrected chi connectivity index (χ2v) is 4.27. The highest BCUT2D eigenvalue weighted by Gasteiger charge is 2.18. The molecule has 0 unspecified atom stereocenters. The molecule has 0 bridgehead atoms. The molecule has 0 aliphatic heterocycles. The Bertz CT molecular complexity index is 213. The third kappa shape index (κ3) is 7.93. The first-order valence-electron chi connectivity index (χ1n) is 3.84. The van der Waals surface area contributed by atoms with Crippen LogP contribution in [0.5, 0.6) is 0 Å². The number of aliphatic carboxylic acids is 1. The number of carbonyl (C=O) groups is 1. The van der Waals surface area contributed by atoms with E-state index in [1.807, 2.05) is 0 Å². The average Bonchev–Trinajstić information content (AvgIpc) is 1.95. The first kappa shape index (κ1) is 12.6. The molecule has 7 heteroatoms. The fourth-order valence-electron chi connectivity index (χ4n) is 0.843. The molecule has 0 amide bonds. The molecule has 3 N–H and O–H groups in total. The first-order valence-corrected chi connectivity index (χ1v) is 5.63. The molecule has 0 saturated heterocycles. The highest BCUT2D eigenvalue weighted by molar-refractivity contribution is 7.51. The minimum Gasteiger partial charge on any atom is -0.481 e. The van der Waals surface area contributed by atoms with Crippen molar-refractivity contribution >= 4 is 13.6 Å². The first-order chi connectivity index (χ1) is 5.85. The van der Waals surface area contributed by atoms with Gasteiger partial charge in [-0.05, 0) is 6.54 Å². The van der Waals surface area contributed by atoms with Crippen LogP contribution in [0.15, 0.2) is 0 Å². The lowest BCUT2D eigenvalue weighted by molar-refractivity contribution is -0.137. The highest BCUT2D eigenvalue weighted by atomic mass is 31.2. The summed E-state index contributed by atoms with van der Waals surface area (Å²) in [6.07, 6.45) is -0.482. The van der Waals surface area contributed by atoms with Crippen LogP contribution >= 0.6 is 7.60 Å². The van der Waals surface area contributed by atoms with Gasteiger partial charge in [-0.2, -0.15) is 0 Å². The lowest BCUT2D eigenvalue weighted by Crippen LogP contribution is -2.27. The number of carboxylic acids is 1. The van der Waals surface area contributed by atoms with Gasteiger partial charge in [0.15, 0.2) is 0 Å². The van der Waals surface area contributed by atoms with Crippen molar-refractivity contribution in [2.45, 2.75) is 13.3 Å². The van der Waals surface area contributed by atoms with Gasteiger partial charge in [0.25, 0.3) is 0 Å². The Morgan fingerprint density at radius 2 is 2.00 bits per heavy atom. The Hall–Kier alpha value is -0.420. The van der Waals surface area contributed by atoms with Crippen molar-refractivity contribution < 1.29 is 24.3 Å². The minimum atomic E-state index is -4.07. The molecule has 0 saturated carbocycles. The molecule has 0 aromatic heterocycles. The fraction of sp³-hybridized carbons (Fsp3) is 0.833. The third-order valence-corrected chi connectivity index (χ3v) is 2.24. The number of carboxylic acid groups (broad SMARTS) is 1. The Labute approximate surface area is 76.3 Å². The minimum absolute atomic E-state index is 0.103. The maximum Gasteiger partial charge on any atom is 0.339 e.